The summed E-state index contributed by atoms with van der Waals surface area (Å²) in [6.45, 7) is 0. The number of rotatable bonds is 4. The Kier molecular flexibility index (Phi) is 3.76. The van der Waals surface area contributed by atoms with Gasteiger partial charge in [-0.15, -0.1) is 11.3 Å². The highest BCUT2D eigenvalue weighted by Gasteiger charge is 2.16. The van der Waals surface area contributed by atoms with Gasteiger partial charge in [0.05, 0.1) is 10.6 Å². The van der Waals surface area contributed by atoms with E-state index in [0.29, 0.717) is 0 Å². The molecule has 7 nitrogen and oxygen atoms in total. The lowest BCUT2D eigenvalue weighted by atomic mass is 10.2. The van der Waals surface area contributed by atoms with E-state index in [4.69, 9.17) is 5.11 Å². The largest absolute Gasteiger partial charge is 0.477 e. The van der Waals surface area contributed by atoms with Gasteiger partial charge in [0.25, 0.3) is 11.6 Å². The van der Waals surface area contributed by atoms with Crippen molar-refractivity contribution in [3.8, 4) is 0 Å². The first kappa shape index (κ1) is 13.7. The average molecular weight is 292 g/mol. The van der Waals surface area contributed by atoms with Gasteiger partial charge in [-0.2, -0.15) is 0 Å². The zero-order valence-corrected chi connectivity index (χ0v) is 10.7. The first-order valence-electron chi connectivity index (χ1n) is 5.35. The molecule has 8 heteroatoms. The van der Waals surface area contributed by atoms with Crippen molar-refractivity contribution in [2.45, 2.75) is 0 Å². The summed E-state index contributed by atoms with van der Waals surface area (Å²) in [5, 5.41) is 23.5. The van der Waals surface area contributed by atoms with Crippen molar-refractivity contribution in [2.24, 2.45) is 0 Å². The van der Waals surface area contributed by atoms with Crippen LogP contribution in [-0.2, 0) is 0 Å². The summed E-state index contributed by atoms with van der Waals surface area (Å²) >= 11 is 0.980. The molecule has 0 unspecified atom stereocenters. The second kappa shape index (κ2) is 5.49. The third-order valence-electron chi connectivity index (χ3n) is 2.43. The smallest absolute Gasteiger partial charge is 0.348 e. The molecule has 102 valence electrons. The van der Waals surface area contributed by atoms with Gasteiger partial charge in [-0.1, -0.05) is 6.07 Å². The second-order valence-corrected chi connectivity index (χ2v) is 4.65. The summed E-state index contributed by atoms with van der Waals surface area (Å²) in [6.07, 6.45) is 0. The van der Waals surface area contributed by atoms with Crippen LogP contribution >= 0.6 is 11.3 Å². The molecule has 0 radical (unpaired) electrons. The number of nitro groups is 1. The van der Waals surface area contributed by atoms with Crippen LogP contribution in [0.2, 0.25) is 0 Å². The lowest BCUT2D eigenvalue weighted by molar-refractivity contribution is -0.384. The Balaban J connectivity index is 2.24. The van der Waals surface area contributed by atoms with E-state index in [2.05, 4.69) is 5.32 Å². The summed E-state index contributed by atoms with van der Waals surface area (Å²) in [6, 6.07) is 6.66. The van der Waals surface area contributed by atoms with E-state index in [1.807, 2.05) is 0 Å². The van der Waals surface area contributed by atoms with Gasteiger partial charge >= 0.3 is 5.97 Å². The number of aromatic carboxylic acids is 1. The van der Waals surface area contributed by atoms with Crippen LogP contribution in [-0.4, -0.2) is 21.9 Å². The molecular weight excluding hydrogens is 284 g/mol. The SMILES string of the molecule is O=C(Nc1ccsc1C(=O)O)c1cccc([N+](=O)[O-])c1. The highest BCUT2D eigenvalue weighted by Crippen LogP contribution is 2.23. The van der Waals surface area contributed by atoms with E-state index < -0.39 is 16.8 Å². The molecule has 1 heterocycles. The molecular formula is C12H8N2O5S. The van der Waals surface area contributed by atoms with Crippen molar-refractivity contribution in [1.82, 2.24) is 0 Å². The van der Waals surface area contributed by atoms with Crippen molar-refractivity contribution in [1.29, 1.82) is 0 Å². The average Bonchev–Trinajstić information content (AvgIpc) is 2.87. The van der Waals surface area contributed by atoms with E-state index in [1.54, 1.807) is 0 Å². The van der Waals surface area contributed by atoms with E-state index >= 15 is 0 Å². The van der Waals surface area contributed by atoms with E-state index in [9.17, 15) is 19.7 Å². The maximum Gasteiger partial charge on any atom is 0.348 e. The van der Waals surface area contributed by atoms with Crippen LogP contribution < -0.4 is 5.32 Å². The Bertz CT molecular complexity index is 695. The van der Waals surface area contributed by atoms with Gasteiger partial charge in [0.2, 0.25) is 0 Å². The van der Waals surface area contributed by atoms with Crippen LogP contribution in [0.25, 0.3) is 0 Å². The first-order chi connectivity index (χ1) is 9.49. The lowest BCUT2D eigenvalue weighted by Gasteiger charge is -2.04. The molecule has 1 aromatic heterocycles. The standard InChI is InChI=1S/C12H8N2O5S/c15-11(7-2-1-3-8(6-7)14(18)19)13-9-4-5-20-10(9)12(16)17/h1-6H,(H,13,15)(H,16,17). The van der Waals surface area contributed by atoms with Crippen LogP contribution in [0.15, 0.2) is 35.7 Å². The third-order valence-corrected chi connectivity index (χ3v) is 3.33. The summed E-state index contributed by atoms with van der Waals surface area (Å²) in [4.78, 5) is 32.9. The highest BCUT2D eigenvalue weighted by molar-refractivity contribution is 7.12. The number of nitro benzene ring substituents is 1. The van der Waals surface area contributed by atoms with Crippen LogP contribution in [0.5, 0.6) is 0 Å². The molecule has 20 heavy (non-hydrogen) atoms. The highest BCUT2D eigenvalue weighted by atomic mass is 32.1. The van der Waals surface area contributed by atoms with Gasteiger partial charge in [0.15, 0.2) is 0 Å². The zero-order valence-electron chi connectivity index (χ0n) is 9.90. The number of carbonyl (C=O) groups excluding carboxylic acids is 1. The van der Waals surface area contributed by atoms with Crippen molar-refractivity contribution >= 4 is 34.6 Å². The summed E-state index contributed by atoms with van der Waals surface area (Å²) < 4.78 is 0. The van der Waals surface area contributed by atoms with E-state index in [0.717, 1.165) is 17.4 Å². The Morgan fingerprint density at radius 2 is 2.05 bits per heavy atom. The number of carboxylic acids is 1. The van der Waals surface area contributed by atoms with Crippen LogP contribution in [0.3, 0.4) is 0 Å². The summed E-state index contributed by atoms with van der Waals surface area (Å²) in [5.41, 5.74) is 0.0437. The summed E-state index contributed by atoms with van der Waals surface area (Å²) in [5.74, 6) is -1.75. The molecule has 0 aliphatic carbocycles. The number of anilines is 1. The number of carbonyl (C=O) groups is 2. The Morgan fingerprint density at radius 1 is 1.30 bits per heavy atom. The zero-order chi connectivity index (χ0) is 14.7. The second-order valence-electron chi connectivity index (χ2n) is 3.73. The molecule has 0 aliphatic rings. The minimum atomic E-state index is -1.14. The fraction of sp³-hybridized carbons (Fsp3) is 0. The van der Waals surface area contributed by atoms with Crippen LogP contribution in [0.1, 0.15) is 20.0 Å². The number of nitrogens with zero attached hydrogens (tertiary/aromatic N) is 1. The normalized spacial score (nSPS) is 10.0. The minimum absolute atomic E-state index is 0.00350. The quantitative estimate of drug-likeness (QED) is 0.665. The van der Waals surface area contributed by atoms with Crippen molar-refractivity contribution < 1.29 is 19.6 Å². The van der Waals surface area contributed by atoms with Gasteiger partial charge in [-0.05, 0) is 17.5 Å². The molecule has 0 atom stereocenters. The lowest BCUT2D eigenvalue weighted by Crippen LogP contribution is -2.13. The minimum Gasteiger partial charge on any atom is -0.477 e. The fourth-order valence-corrected chi connectivity index (χ4v) is 2.22. The number of non-ortho nitro benzene ring substituents is 1. The van der Waals surface area contributed by atoms with E-state index in [1.165, 1.54) is 29.6 Å². The van der Waals surface area contributed by atoms with E-state index in [-0.39, 0.29) is 21.8 Å². The summed E-state index contributed by atoms with van der Waals surface area (Å²) in [7, 11) is 0. The van der Waals surface area contributed by atoms with Crippen molar-refractivity contribution in [2.75, 3.05) is 5.32 Å². The van der Waals surface area contributed by atoms with Gasteiger partial charge in [0, 0.05) is 17.7 Å². The van der Waals surface area contributed by atoms with Crippen LogP contribution in [0, 0.1) is 10.1 Å². The van der Waals surface area contributed by atoms with Crippen molar-refractivity contribution in [3.63, 3.8) is 0 Å². The molecule has 0 aliphatic heterocycles. The predicted octanol–water partition coefficient (Wildman–Crippen LogP) is 2.61. The maximum atomic E-state index is 11.9. The molecule has 0 spiro atoms. The van der Waals surface area contributed by atoms with Gasteiger partial charge < -0.3 is 10.4 Å². The maximum absolute atomic E-state index is 11.9. The van der Waals surface area contributed by atoms with Crippen molar-refractivity contribution in [3.05, 3.63) is 56.3 Å². The molecule has 2 rings (SSSR count). The Morgan fingerprint density at radius 3 is 2.70 bits per heavy atom. The monoisotopic (exact) mass is 292 g/mol. The molecule has 1 aromatic carbocycles. The molecule has 0 fully saturated rings. The molecule has 2 N–H and O–H groups in total. The van der Waals surface area contributed by atoms with Gasteiger partial charge in [-0.25, -0.2) is 4.79 Å². The molecule has 0 saturated heterocycles. The number of hydrogen-bond donors (Lipinski definition) is 2. The first-order valence-corrected chi connectivity index (χ1v) is 6.23. The molecule has 2 aromatic rings. The Hall–Kier alpha value is -2.74. The number of hydrogen-bond acceptors (Lipinski definition) is 5. The molecule has 0 bridgehead atoms. The number of benzene rings is 1. The van der Waals surface area contributed by atoms with Gasteiger partial charge in [0.1, 0.15) is 4.88 Å². The number of amides is 1. The van der Waals surface area contributed by atoms with Gasteiger partial charge in [-0.3, -0.25) is 14.9 Å². The number of nitrogens with one attached hydrogen (secondary N) is 1. The number of carboxylic acid groups (broad SMARTS) is 1. The third kappa shape index (κ3) is 2.81. The number of thiophene rings is 1. The Labute approximate surface area is 116 Å². The molecule has 0 saturated carbocycles. The molecule has 1 amide bonds. The predicted molar refractivity (Wildman–Crippen MR) is 72.3 cm³/mol. The topological polar surface area (TPSA) is 110 Å². The van der Waals surface area contributed by atoms with Crippen LogP contribution in [0.4, 0.5) is 11.4 Å². The fourth-order valence-electron chi connectivity index (χ4n) is 1.53.